The van der Waals surface area contributed by atoms with Gasteiger partial charge in [-0.2, -0.15) is 5.10 Å². The molecule has 1 aromatic heterocycles. The molecule has 2 rings (SSSR count). The number of benzene rings is 1. The van der Waals surface area contributed by atoms with Gasteiger partial charge >= 0.3 is 0 Å². The van der Waals surface area contributed by atoms with Gasteiger partial charge in [0.1, 0.15) is 0 Å². The molecule has 0 amide bonds. The van der Waals surface area contributed by atoms with Crippen molar-refractivity contribution in [1.29, 1.82) is 0 Å². The molecule has 3 heteroatoms. The van der Waals surface area contributed by atoms with Gasteiger partial charge in [-0.3, -0.25) is 0 Å². The lowest BCUT2D eigenvalue weighted by Gasteiger charge is -1.99. The quantitative estimate of drug-likeness (QED) is 0.650. The molecular weight excluding hydrogens is 196 g/mol. The Labute approximate surface area is 87.1 Å². The Morgan fingerprint density at radius 3 is 2.57 bits per heavy atom. The molecule has 0 atom stereocenters. The van der Waals surface area contributed by atoms with Crippen molar-refractivity contribution >= 4 is 11.6 Å². The van der Waals surface area contributed by atoms with Gasteiger partial charge in [0.2, 0.25) is 0 Å². The van der Waals surface area contributed by atoms with E-state index in [0.29, 0.717) is 5.02 Å². The van der Waals surface area contributed by atoms with Gasteiger partial charge in [-0.05, 0) is 24.3 Å². The van der Waals surface area contributed by atoms with E-state index >= 15 is 0 Å². The van der Waals surface area contributed by atoms with E-state index in [4.69, 9.17) is 18.0 Å². The van der Waals surface area contributed by atoms with Crippen molar-refractivity contribution in [1.82, 2.24) is 9.78 Å². The molecule has 2 aromatic rings. The molecule has 0 spiro atoms. The number of aromatic nitrogens is 2. The van der Waals surface area contributed by atoms with E-state index in [1.165, 1.54) is 0 Å². The first-order valence-electron chi connectivity index (χ1n) is 4.07. The second-order valence-electron chi connectivity index (χ2n) is 2.79. The van der Waals surface area contributed by atoms with E-state index in [1.807, 2.05) is 24.3 Å². The molecule has 0 bridgehead atoms. The van der Waals surface area contributed by atoms with Crippen LogP contribution in [0.4, 0.5) is 0 Å². The molecule has 2 nitrogen and oxygen atoms in total. The molecule has 0 aliphatic rings. The standard InChI is InChI=1S/C11H7ClN2/c1-2-9-7-13-14(8-9)11-5-3-10(12)4-6-11/h1,3-8H. The maximum atomic E-state index is 5.77. The van der Waals surface area contributed by atoms with E-state index in [9.17, 15) is 0 Å². The zero-order chi connectivity index (χ0) is 9.97. The first kappa shape index (κ1) is 8.86. The summed E-state index contributed by atoms with van der Waals surface area (Å²) in [7, 11) is 0. The van der Waals surface area contributed by atoms with Crippen molar-refractivity contribution in [2.75, 3.05) is 0 Å². The zero-order valence-corrected chi connectivity index (χ0v) is 8.07. The SMILES string of the molecule is C#Cc1cnn(-c2ccc(Cl)cc2)c1. The summed E-state index contributed by atoms with van der Waals surface area (Å²) in [6.45, 7) is 0. The Bertz CT molecular complexity index is 477. The lowest BCUT2D eigenvalue weighted by molar-refractivity contribution is 0.880. The molecule has 0 fully saturated rings. The van der Waals surface area contributed by atoms with Crippen LogP contribution in [0.1, 0.15) is 5.56 Å². The largest absolute Gasteiger partial charge is 0.240 e. The lowest BCUT2D eigenvalue weighted by atomic mass is 10.3. The molecule has 0 aliphatic carbocycles. The molecule has 0 saturated carbocycles. The van der Waals surface area contributed by atoms with Gasteiger partial charge in [0.15, 0.2) is 0 Å². The summed E-state index contributed by atoms with van der Waals surface area (Å²) >= 11 is 5.77. The summed E-state index contributed by atoms with van der Waals surface area (Å²) in [5, 5.41) is 4.82. The average molecular weight is 203 g/mol. The Hall–Kier alpha value is -1.72. The van der Waals surface area contributed by atoms with Gasteiger partial charge < -0.3 is 0 Å². The van der Waals surface area contributed by atoms with Gasteiger partial charge in [-0.15, -0.1) is 6.42 Å². The van der Waals surface area contributed by atoms with Crippen LogP contribution in [0.25, 0.3) is 5.69 Å². The van der Waals surface area contributed by atoms with Gasteiger partial charge in [0.25, 0.3) is 0 Å². The molecule has 0 unspecified atom stereocenters. The van der Waals surface area contributed by atoms with Crippen molar-refractivity contribution in [3.63, 3.8) is 0 Å². The number of terminal acetylenes is 1. The minimum absolute atomic E-state index is 0.707. The topological polar surface area (TPSA) is 17.8 Å². The van der Waals surface area contributed by atoms with Crippen molar-refractivity contribution in [2.24, 2.45) is 0 Å². The second kappa shape index (κ2) is 3.57. The van der Waals surface area contributed by atoms with Crippen LogP contribution in [-0.2, 0) is 0 Å². The minimum Gasteiger partial charge on any atom is -0.240 e. The Morgan fingerprint density at radius 1 is 1.29 bits per heavy atom. The van der Waals surface area contributed by atoms with Crippen LogP contribution in [0.5, 0.6) is 0 Å². The van der Waals surface area contributed by atoms with Crippen LogP contribution in [0.3, 0.4) is 0 Å². The number of hydrogen-bond donors (Lipinski definition) is 0. The van der Waals surface area contributed by atoms with Gasteiger partial charge in [0, 0.05) is 11.2 Å². The molecule has 68 valence electrons. The smallest absolute Gasteiger partial charge is 0.0651 e. The van der Waals surface area contributed by atoms with Gasteiger partial charge in [-0.25, -0.2) is 4.68 Å². The highest BCUT2D eigenvalue weighted by Gasteiger charge is 1.98. The number of rotatable bonds is 1. The van der Waals surface area contributed by atoms with Crippen LogP contribution in [0.2, 0.25) is 5.02 Å². The highest BCUT2D eigenvalue weighted by Crippen LogP contribution is 2.12. The van der Waals surface area contributed by atoms with Crippen LogP contribution >= 0.6 is 11.6 Å². The summed E-state index contributed by atoms with van der Waals surface area (Å²) in [5.74, 6) is 2.52. The first-order chi connectivity index (χ1) is 6.79. The van der Waals surface area contributed by atoms with Crippen LogP contribution in [0, 0.1) is 12.3 Å². The fourth-order valence-electron chi connectivity index (χ4n) is 1.13. The average Bonchev–Trinajstić information content (AvgIpc) is 2.67. The third kappa shape index (κ3) is 1.63. The van der Waals surface area contributed by atoms with E-state index in [-0.39, 0.29) is 0 Å². The van der Waals surface area contributed by atoms with Crippen molar-refractivity contribution in [2.45, 2.75) is 0 Å². The Balaban J connectivity index is 2.40. The maximum Gasteiger partial charge on any atom is 0.0651 e. The number of halogens is 1. The molecule has 0 aliphatic heterocycles. The Kier molecular flexibility index (Phi) is 2.26. The maximum absolute atomic E-state index is 5.77. The summed E-state index contributed by atoms with van der Waals surface area (Å²) in [4.78, 5) is 0. The van der Waals surface area contributed by atoms with Crippen molar-refractivity contribution in [3.8, 4) is 18.0 Å². The third-order valence-electron chi connectivity index (χ3n) is 1.84. The molecule has 1 aromatic carbocycles. The normalized spacial score (nSPS) is 9.71. The summed E-state index contributed by atoms with van der Waals surface area (Å²) in [6.07, 6.45) is 8.68. The predicted octanol–water partition coefficient (Wildman–Crippen LogP) is 2.51. The number of nitrogens with zero attached hydrogens (tertiary/aromatic N) is 2. The molecular formula is C11H7ClN2. The lowest BCUT2D eigenvalue weighted by Crippen LogP contribution is -1.92. The first-order valence-corrected chi connectivity index (χ1v) is 4.44. The Morgan fingerprint density at radius 2 is 2.00 bits per heavy atom. The fourth-order valence-corrected chi connectivity index (χ4v) is 1.26. The molecule has 1 heterocycles. The van der Waals surface area contributed by atoms with Crippen molar-refractivity contribution < 1.29 is 0 Å². The van der Waals surface area contributed by atoms with Crippen molar-refractivity contribution in [3.05, 3.63) is 47.2 Å². The highest BCUT2D eigenvalue weighted by atomic mass is 35.5. The zero-order valence-electron chi connectivity index (χ0n) is 7.31. The highest BCUT2D eigenvalue weighted by molar-refractivity contribution is 6.30. The summed E-state index contributed by atoms with van der Waals surface area (Å²) < 4.78 is 1.71. The van der Waals surface area contributed by atoms with Crippen LogP contribution < -0.4 is 0 Å². The molecule has 0 saturated heterocycles. The second-order valence-corrected chi connectivity index (χ2v) is 3.23. The summed E-state index contributed by atoms with van der Waals surface area (Å²) in [6, 6.07) is 7.40. The molecule has 14 heavy (non-hydrogen) atoms. The van der Waals surface area contributed by atoms with E-state index in [2.05, 4.69) is 11.0 Å². The van der Waals surface area contributed by atoms with E-state index in [1.54, 1.807) is 17.1 Å². The van der Waals surface area contributed by atoms with Crippen LogP contribution in [0.15, 0.2) is 36.7 Å². The fraction of sp³-hybridized carbons (Fsp3) is 0. The molecule has 0 radical (unpaired) electrons. The van der Waals surface area contributed by atoms with Gasteiger partial charge in [0.05, 0.1) is 17.4 Å². The van der Waals surface area contributed by atoms with E-state index in [0.717, 1.165) is 11.3 Å². The van der Waals surface area contributed by atoms with Gasteiger partial charge in [-0.1, -0.05) is 17.5 Å². The van der Waals surface area contributed by atoms with Crippen LogP contribution in [-0.4, -0.2) is 9.78 Å². The number of hydrogen-bond acceptors (Lipinski definition) is 1. The third-order valence-corrected chi connectivity index (χ3v) is 2.09. The monoisotopic (exact) mass is 202 g/mol. The summed E-state index contributed by atoms with van der Waals surface area (Å²) in [5.41, 5.74) is 1.70. The van der Waals surface area contributed by atoms with E-state index < -0.39 is 0 Å². The predicted molar refractivity (Wildman–Crippen MR) is 56.5 cm³/mol. The minimum atomic E-state index is 0.707. The molecule has 0 N–H and O–H groups in total.